The summed E-state index contributed by atoms with van der Waals surface area (Å²) in [7, 11) is -3.27. The maximum absolute atomic E-state index is 12.0. The molecule has 1 amide bonds. The molecule has 0 saturated carbocycles. The first-order valence-corrected chi connectivity index (χ1v) is 8.48. The van der Waals surface area contributed by atoms with Gasteiger partial charge < -0.3 is 10.6 Å². The van der Waals surface area contributed by atoms with Gasteiger partial charge in [0.2, 0.25) is 15.9 Å². The maximum atomic E-state index is 12.0. The molecule has 0 aromatic carbocycles. The third kappa shape index (κ3) is 6.35. The van der Waals surface area contributed by atoms with E-state index >= 15 is 0 Å². The predicted octanol–water partition coefficient (Wildman–Crippen LogP) is -0.181. The van der Waals surface area contributed by atoms with Crippen molar-refractivity contribution < 1.29 is 13.2 Å². The number of carbonyl (C=O) groups is 1. The monoisotopic (exact) mass is 291 g/mol. The minimum atomic E-state index is -3.27. The lowest BCUT2D eigenvalue weighted by molar-refractivity contribution is -0.126. The summed E-state index contributed by atoms with van der Waals surface area (Å²) in [5.41, 5.74) is -0.679. The Hall–Kier alpha value is -0.660. The van der Waals surface area contributed by atoms with Gasteiger partial charge in [0.15, 0.2) is 0 Å². The zero-order valence-corrected chi connectivity index (χ0v) is 12.9. The summed E-state index contributed by atoms with van der Waals surface area (Å²) < 4.78 is 24.9. The van der Waals surface area contributed by atoms with Crippen LogP contribution in [0.1, 0.15) is 33.6 Å². The van der Waals surface area contributed by atoms with Crippen LogP contribution in [0.4, 0.5) is 0 Å². The zero-order valence-electron chi connectivity index (χ0n) is 12.1. The molecular formula is C12H25N3O3S. The van der Waals surface area contributed by atoms with E-state index in [0.717, 1.165) is 25.6 Å². The molecule has 1 rings (SSSR count). The van der Waals surface area contributed by atoms with Gasteiger partial charge in [0, 0.05) is 24.0 Å². The molecule has 2 atom stereocenters. The molecule has 1 aliphatic heterocycles. The van der Waals surface area contributed by atoms with E-state index < -0.39 is 15.6 Å². The first-order valence-electron chi connectivity index (χ1n) is 6.59. The molecule has 19 heavy (non-hydrogen) atoms. The van der Waals surface area contributed by atoms with Gasteiger partial charge in [-0.1, -0.05) is 0 Å². The van der Waals surface area contributed by atoms with Crippen molar-refractivity contribution in [3.63, 3.8) is 0 Å². The van der Waals surface area contributed by atoms with Crippen molar-refractivity contribution in [2.75, 3.05) is 19.3 Å². The number of nitrogens with one attached hydrogen (secondary N) is 3. The Morgan fingerprint density at radius 3 is 2.58 bits per heavy atom. The van der Waals surface area contributed by atoms with E-state index in [-0.39, 0.29) is 18.4 Å². The summed E-state index contributed by atoms with van der Waals surface area (Å²) in [6.07, 6.45) is 2.77. The number of piperidine rings is 1. The molecule has 0 aromatic rings. The minimum Gasteiger partial charge on any atom is -0.354 e. The van der Waals surface area contributed by atoms with E-state index in [1.165, 1.54) is 0 Å². The fourth-order valence-electron chi connectivity index (χ4n) is 2.36. The molecule has 0 radical (unpaired) electrons. The van der Waals surface area contributed by atoms with Crippen molar-refractivity contribution in [1.29, 1.82) is 0 Å². The van der Waals surface area contributed by atoms with E-state index in [2.05, 4.69) is 22.3 Å². The van der Waals surface area contributed by atoms with Gasteiger partial charge in [-0.05, 0) is 40.2 Å². The minimum absolute atomic E-state index is 0.0109. The normalized spacial score (nSPS) is 25.1. The number of sulfonamides is 1. The van der Waals surface area contributed by atoms with Gasteiger partial charge in [-0.25, -0.2) is 13.1 Å². The van der Waals surface area contributed by atoms with Gasteiger partial charge in [-0.2, -0.15) is 0 Å². The van der Waals surface area contributed by atoms with Crippen LogP contribution in [0.5, 0.6) is 0 Å². The Morgan fingerprint density at radius 2 is 2.05 bits per heavy atom. The second-order valence-electron chi connectivity index (χ2n) is 6.05. The summed E-state index contributed by atoms with van der Waals surface area (Å²) in [4.78, 5) is 12.0. The summed E-state index contributed by atoms with van der Waals surface area (Å²) in [5, 5.41) is 6.14. The number of hydrogen-bond donors (Lipinski definition) is 3. The highest BCUT2D eigenvalue weighted by molar-refractivity contribution is 7.88. The third-order valence-corrected chi connectivity index (χ3v) is 4.08. The smallest absolute Gasteiger partial charge is 0.223 e. The SMILES string of the molecule is CC1CC(C(=O)NCC(C)(C)NS(C)(=O)=O)CCN1. The fourth-order valence-corrected chi connectivity index (χ4v) is 3.44. The Bertz CT molecular complexity index is 420. The molecule has 112 valence electrons. The first kappa shape index (κ1) is 16.4. The number of rotatable bonds is 5. The van der Waals surface area contributed by atoms with Gasteiger partial charge in [-0.15, -0.1) is 0 Å². The lowest BCUT2D eigenvalue weighted by atomic mass is 9.92. The fraction of sp³-hybridized carbons (Fsp3) is 0.917. The molecule has 1 saturated heterocycles. The van der Waals surface area contributed by atoms with E-state index in [4.69, 9.17) is 0 Å². The van der Waals surface area contributed by atoms with Gasteiger partial charge in [0.25, 0.3) is 0 Å². The summed E-state index contributed by atoms with van der Waals surface area (Å²) in [6, 6.07) is 0.353. The van der Waals surface area contributed by atoms with E-state index in [9.17, 15) is 13.2 Å². The van der Waals surface area contributed by atoms with E-state index in [0.29, 0.717) is 6.04 Å². The van der Waals surface area contributed by atoms with Crippen LogP contribution < -0.4 is 15.4 Å². The molecule has 0 bridgehead atoms. The molecule has 7 heteroatoms. The van der Waals surface area contributed by atoms with Gasteiger partial charge in [-0.3, -0.25) is 4.79 Å². The summed E-state index contributed by atoms with van der Waals surface area (Å²) >= 11 is 0. The lowest BCUT2D eigenvalue weighted by Gasteiger charge is -2.29. The van der Waals surface area contributed by atoms with Crippen molar-refractivity contribution in [3.8, 4) is 0 Å². The number of amides is 1. The topological polar surface area (TPSA) is 87.3 Å². The van der Waals surface area contributed by atoms with E-state index in [1.54, 1.807) is 13.8 Å². The molecule has 1 heterocycles. The standard InChI is InChI=1S/C12H25N3O3S/c1-9-7-10(5-6-13-9)11(16)14-8-12(2,3)15-19(4,17)18/h9-10,13,15H,5-8H2,1-4H3,(H,14,16). The van der Waals surface area contributed by atoms with Crippen LogP contribution in [-0.4, -0.2) is 45.3 Å². The molecule has 3 N–H and O–H groups in total. The van der Waals surface area contributed by atoms with Gasteiger partial charge >= 0.3 is 0 Å². The second-order valence-corrected chi connectivity index (χ2v) is 7.80. The van der Waals surface area contributed by atoms with Crippen LogP contribution in [0, 0.1) is 5.92 Å². The molecule has 1 aliphatic rings. The largest absolute Gasteiger partial charge is 0.354 e. The molecule has 0 aromatic heterocycles. The van der Waals surface area contributed by atoms with Crippen molar-refractivity contribution >= 4 is 15.9 Å². The number of carbonyl (C=O) groups excluding carboxylic acids is 1. The van der Waals surface area contributed by atoms with Crippen LogP contribution in [0.15, 0.2) is 0 Å². The van der Waals surface area contributed by atoms with Gasteiger partial charge in [0.05, 0.1) is 6.26 Å². The second kappa shape index (κ2) is 6.19. The Morgan fingerprint density at radius 1 is 1.42 bits per heavy atom. The molecule has 2 unspecified atom stereocenters. The van der Waals surface area contributed by atoms with Crippen molar-refractivity contribution in [2.24, 2.45) is 5.92 Å². The van der Waals surface area contributed by atoms with E-state index in [1.807, 2.05) is 0 Å². The first-order chi connectivity index (χ1) is 8.59. The zero-order chi connectivity index (χ0) is 14.7. The third-order valence-electron chi connectivity index (χ3n) is 3.16. The Kier molecular flexibility index (Phi) is 5.34. The molecule has 6 nitrogen and oxygen atoms in total. The van der Waals surface area contributed by atoms with Crippen LogP contribution in [0.2, 0.25) is 0 Å². The van der Waals surface area contributed by atoms with Crippen LogP contribution >= 0.6 is 0 Å². The average Bonchev–Trinajstić information content (AvgIpc) is 2.22. The summed E-state index contributed by atoms with van der Waals surface area (Å²) in [5.74, 6) is 0.0296. The molecule has 0 spiro atoms. The highest BCUT2D eigenvalue weighted by Gasteiger charge is 2.27. The average molecular weight is 291 g/mol. The van der Waals surface area contributed by atoms with Gasteiger partial charge in [0.1, 0.15) is 0 Å². The molecule has 1 fully saturated rings. The van der Waals surface area contributed by atoms with Crippen molar-refractivity contribution in [1.82, 2.24) is 15.4 Å². The van der Waals surface area contributed by atoms with Crippen molar-refractivity contribution in [2.45, 2.75) is 45.2 Å². The van der Waals surface area contributed by atoms with Crippen LogP contribution in [-0.2, 0) is 14.8 Å². The Labute approximate surface area is 115 Å². The number of hydrogen-bond acceptors (Lipinski definition) is 4. The molecule has 0 aliphatic carbocycles. The summed E-state index contributed by atoms with van der Waals surface area (Å²) in [6.45, 7) is 6.70. The molecular weight excluding hydrogens is 266 g/mol. The quantitative estimate of drug-likeness (QED) is 0.656. The van der Waals surface area contributed by atoms with Crippen LogP contribution in [0.25, 0.3) is 0 Å². The predicted molar refractivity (Wildman–Crippen MR) is 75.3 cm³/mol. The maximum Gasteiger partial charge on any atom is 0.223 e. The Balaban J connectivity index is 2.45. The van der Waals surface area contributed by atoms with Crippen molar-refractivity contribution in [3.05, 3.63) is 0 Å². The lowest BCUT2D eigenvalue weighted by Crippen LogP contribution is -2.52. The highest BCUT2D eigenvalue weighted by Crippen LogP contribution is 2.16. The highest BCUT2D eigenvalue weighted by atomic mass is 32.2. The van der Waals surface area contributed by atoms with Crippen LogP contribution in [0.3, 0.4) is 0 Å².